The molecule has 4 N–H and O–H groups in total. The third-order valence-corrected chi connectivity index (χ3v) is 18.9. The van der Waals surface area contributed by atoms with E-state index in [0.29, 0.717) is 19.3 Å². The monoisotopic (exact) mass is 1460 g/mol. The van der Waals surface area contributed by atoms with E-state index in [9.17, 15) is 43.5 Å². The Morgan fingerprint density at radius 1 is 0.287 bits per heavy atom. The molecule has 18 heteroatoms. The van der Waals surface area contributed by atoms with Gasteiger partial charge in [-0.15, -0.1) is 0 Å². The zero-order chi connectivity index (χ0) is 73.7. The number of hydrogen-bond donors (Lipinski definition) is 4. The second-order valence-electron chi connectivity index (χ2n) is 26.8. The van der Waals surface area contributed by atoms with Gasteiger partial charge in [0.1, 0.15) is 25.4 Å². The molecule has 0 radical (unpaired) electrons. The Morgan fingerprint density at radius 2 is 0.525 bits per heavy atom. The number of hydrogen-bond acceptors (Lipinski definition) is 14. The highest BCUT2D eigenvalue weighted by Crippen LogP contribution is 2.45. The van der Waals surface area contributed by atoms with E-state index in [0.717, 1.165) is 116 Å². The number of phosphoric acid groups is 2. The number of phosphoric ester groups is 2. The predicted molar refractivity (Wildman–Crippen MR) is 417 cm³/mol. The Balaban J connectivity index is 4.48. The van der Waals surface area contributed by atoms with E-state index in [-0.39, 0.29) is 19.3 Å². The molecule has 0 aliphatic heterocycles. The van der Waals surface area contributed by atoms with E-state index in [4.69, 9.17) is 32.3 Å². The molecule has 0 aromatic rings. The van der Waals surface area contributed by atoms with Gasteiger partial charge in [-0.3, -0.25) is 32.5 Å². The lowest BCUT2D eigenvalue weighted by molar-refractivity contribution is -0.161. The van der Waals surface area contributed by atoms with Crippen LogP contribution in [0.15, 0.2) is 109 Å². The molecule has 0 heterocycles. The molecule has 0 saturated heterocycles. The van der Waals surface area contributed by atoms with Crippen LogP contribution in [-0.4, -0.2) is 95.9 Å². The maximum absolute atomic E-state index is 13.0. The van der Waals surface area contributed by atoms with E-state index in [1.807, 2.05) is 0 Å². The molecule has 0 aromatic carbocycles. The van der Waals surface area contributed by atoms with Crippen molar-refractivity contribution in [2.45, 2.75) is 360 Å². The number of rotatable bonds is 76. The average Bonchev–Trinajstić information content (AvgIpc) is 1.14. The van der Waals surface area contributed by atoms with Gasteiger partial charge in [-0.1, -0.05) is 323 Å². The van der Waals surface area contributed by atoms with Crippen molar-refractivity contribution in [2.75, 3.05) is 39.6 Å². The van der Waals surface area contributed by atoms with Crippen LogP contribution >= 0.6 is 15.6 Å². The fourth-order valence-corrected chi connectivity index (χ4v) is 12.5. The minimum absolute atomic E-state index is 0.0996. The Morgan fingerprint density at radius 3 is 0.861 bits per heavy atom. The number of unbranched alkanes of at least 4 members (excludes halogenated alkanes) is 35. The summed E-state index contributed by atoms with van der Waals surface area (Å²) in [6.45, 7) is 2.54. The van der Waals surface area contributed by atoms with Gasteiger partial charge in [0.25, 0.3) is 0 Å². The van der Waals surface area contributed by atoms with Gasteiger partial charge in [0.15, 0.2) is 6.10 Å². The number of carbonyl (C=O) groups is 3. The first kappa shape index (κ1) is 97.2. The number of ether oxygens (including phenoxy) is 3. The van der Waals surface area contributed by atoms with Gasteiger partial charge < -0.3 is 34.2 Å². The molecule has 5 atom stereocenters. The molecule has 584 valence electrons. The number of aliphatic hydroxyl groups excluding tert-OH is 2. The van der Waals surface area contributed by atoms with Crippen LogP contribution in [0.2, 0.25) is 0 Å². The fraction of sp³-hybridized carbons (Fsp3) is 0.747. The van der Waals surface area contributed by atoms with Crippen molar-refractivity contribution in [3.8, 4) is 0 Å². The van der Waals surface area contributed by atoms with E-state index in [2.05, 4.69) is 130 Å². The second kappa shape index (κ2) is 75.9. The van der Waals surface area contributed by atoms with Crippen molar-refractivity contribution >= 4 is 33.6 Å². The summed E-state index contributed by atoms with van der Waals surface area (Å²) >= 11 is 0. The van der Waals surface area contributed by atoms with Crippen LogP contribution in [0.25, 0.3) is 0 Å². The van der Waals surface area contributed by atoms with Gasteiger partial charge in [0.2, 0.25) is 0 Å². The first-order chi connectivity index (χ1) is 49.2. The number of carbonyl (C=O) groups excluding carboxylic acids is 3. The lowest BCUT2D eigenvalue weighted by Gasteiger charge is -2.21. The van der Waals surface area contributed by atoms with E-state index >= 15 is 0 Å². The van der Waals surface area contributed by atoms with Crippen LogP contribution in [0.3, 0.4) is 0 Å². The van der Waals surface area contributed by atoms with Gasteiger partial charge in [0, 0.05) is 19.3 Å². The van der Waals surface area contributed by atoms with E-state index < -0.39 is 91.5 Å². The van der Waals surface area contributed by atoms with Crippen molar-refractivity contribution in [1.82, 2.24) is 0 Å². The summed E-state index contributed by atoms with van der Waals surface area (Å²) in [5.74, 6) is -1.60. The Bertz CT molecular complexity index is 2270. The van der Waals surface area contributed by atoms with Crippen LogP contribution in [0.5, 0.6) is 0 Å². The summed E-state index contributed by atoms with van der Waals surface area (Å²) in [4.78, 5) is 58.6. The van der Waals surface area contributed by atoms with Crippen molar-refractivity contribution in [2.24, 2.45) is 0 Å². The summed E-state index contributed by atoms with van der Waals surface area (Å²) in [5.41, 5.74) is 0. The number of aliphatic hydroxyl groups is 2. The molecule has 0 rings (SSSR count). The number of esters is 3. The minimum atomic E-state index is -4.93. The van der Waals surface area contributed by atoms with Gasteiger partial charge >= 0.3 is 33.6 Å². The highest BCUT2D eigenvalue weighted by Gasteiger charge is 2.29. The molecule has 0 aliphatic carbocycles. The van der Waals surface area contributed by atoms with Gasteiger partial charge in [-0.05, 0) is 109 Å². The SMILES string of the molecule is CC/C=C\C/C=C\C/C=C\C/C=C\C/C=C\CCCCCC(=O)OCC(COP(=O)(O)OCC(O)COP(=O)(O)OCC(O)COC(=O)CCCCCCCCCCCCCCCCC/C=C\C/C=C\C/C=C\C/C=C\CCCCC)OC(=O)CCCCCCCCCCCCCCCCC. The molecule has 0 amide bonds. The minimum Gasteiger partial charge on any atom is -0.463 e. The third-order valence-electron chi connectivity index (χ3n) is 17.0. The molecule has 0 saturated carbocycles. The Labute approximate surface area is 615 Å². The summed E-state index contributed by atoms with van der Waals surface area (Å²) in [7, 11) is -9.79. The predicted octanol–water partition coefficient (Wildman–Crippen LogP) is 23.5. The van der Waals surface area contributed by atoms with Crippen LogP contribution in [0, 0.1) is 0 Å². The zero-order valence-electron chi connectivity index (χ0n) is 63.8. The standard InChI is InChI=1S/C83H146O16P2/c1-4-7-10-13-16-19-22-25-28-30-32-33-34-35-36-37-38-39-40-41-42-43-45-47-49-51-54-57-60-63-66-69-81(86)93-72-78(84)73-95-100(89,90)96-74-79(85)75-97-101(91,92)98-77-80(99-83(88)71-68-65-62-59-56-53-48-27-24-21-18-15-12-9-6-3)76-94-82(87)70-67-64-61-58-55-52-50-46-44-31-29-26-23-20-17-14-11-8-5-2/h8,11,16-17,19-20,25-26,28-29,32-33,35-36,44,46,52,55,78-80,84-85H,4-7,9-10,12-15,18,21-24,27,30-31,34,37-43,45,47-51,53-54,56-77H2,1-3H3,(H,89,90)(H,91,92)/b11-8-,19-16-,20-17-,28-25-,29-26-,33-32-,36-35-,46-44-,55-52-. The molecular formula is C83H146O16P2. The topological polar surface area (TPSA) is 231 Å². The maximum Gasteiger partial charge on any atom is 0.472 e. The molecule has 0 bridgehead atoms. The van der Waals surface area contributed by atoms with Crippen molar-refractivity contribution in [3.05, 3.63) is 109 Å². The Kier molecular flexibility index (Phi) is 73.0. The van der Waals surface area contributed by atoms with Crippen molar-refractivity contribution in [1.29, 1.82) is 0 Å². The quantitative estimate of drug-likeness (QED) is 0.0146. The van der Waals surface area contributed by atoms with E-state index in [1.54, 1.807) is 0 Å². The summed E-state index contributed by atoms with van der Waals surface area (Å²) < 4.78 is 61.1. The molecule has 5 unspecified atom stereocenters. The molecule has 0 fully saturated rings. The lowest BCUT2D eigenvalue weighted by Crippen LogP contribution is -2.30. The maximum atomic E-state index is 13.0. The normalized spacial score (nSPS) is 14.6. The number of allylic oxidation sites excluding steroid dienone is 18. The highest BCUT2D eigenvalue weighted by molar-refractivity contribution is 7.47. The van der Waals surface area contributed by atoms with Gasteiger partial charge in [-0.25, -0.2) is 9.13 Å². The lowest BCUT2D eigenvalue weighted by atomic mass is 10.0. The van der Waals surface area contributed by atoms with Crippen molar-refractivity contribution < 1.29 is 75.8 Å². The fourth-order valence-electron chi connectivity index (χ4n) is 10.9. The summed E-state index contributed by atoms with van der Waals surface area (Å²) in [6.07, 6.45) is 88.6. The van der Waals surface area contributed by atoms with Crippen LogP contribution in [0.1, 0.15) is 342 Å². The third kappa shape index (κ3) is 77.1. The molecule has 101 heavy (non-hydrogen) atoms. The molecule has 0 aliphatic rings. The molecule has 0 aromatic heterocycles. The van der Waals surface area contributed by atoms with Gasteiger partial charge in [0.05, 0.1) is 26.4 Å². The van der Waals surface area contributed by atoms with Crippen molar-refractivity contribution in [3.63, 3.8) is 0 Å². The van der Waals surface area contributed by atoms with E-state index in [1.165, 1.54) is 167 Å². The summed E-state index contributed by atoms with van der Waals surface area (Å²) in [5, 5.41) is 20.6. The van der Waals surface area contributed by atoms with Crippen LogP contribution in [-0.2, 0) is 55.8 Å². The average molecular weight is 1460 g/mol. The van der Waals surface area contributed by atoms with Crippen LogP contribution in [0.4, 0.5) is 0 Å². The molecule has 0 spiro atoms. The smallest absolute Gasteiger partial charge is 0.463 e. The highest BCUT2D eigenvalue weighted by atomic mass is 31.2. The zero-order valence-corrected chi connectivity index (χ0v) is 65.6. The first-order valence-corrected chi connectivity index (χ1v) is 43.2. The second-order valence-corrected chi connectivity index (χ2v) is 29.8. The molecule has 16 nitrogen and oxygen atoms in total. The van der Waals surface area contributed by atoms with Crippen LogP contribution < -0.4 is 0 Å². The van der Waals surface area contributed by atoms with Gasteiger partial charge in [-0.2, -0.15) is 0 Å². The largest absolute Gasteiger partial charge is 0.472 e. The Hall–Kier alpha value is -3.79. The summed E-state index contributed by atoms with van der Waals surface area (Å²) in [6, 6.07) is 0. The molecular weight excluding hydrogens is 1310 g/mol. The first-order valence-electron chi connectivity index (χ1n) is 40.2.